The van der Waals surface area contributed by atoms with Gasteiger partial charge in [-0.2, -0.15) is 0 Å². The van der Waals surface area contributed by atoms with Crippen LogP contribution in [-0.2, 0) is 4.79 Å². The number of unbranched alkanes of at least 4 members (excludes halogenated alkanes) is 1. The van der Waals surface area contributed by atoms with Crippen molar-refractivity contribution in [3.8, 4) is 11.3 Å². The number of hydrogen-bond donors (Lipinski definition) is 2. The lowest BCUT2D eigenvalue weighted by Crippen LogP contribution is -2.13. The molecule has 7 heteroatoms. The summed E-state index contributed by atoms with van der Waals surface area (Å²) < 4.78 is 5.65. The molecule has 0 saturated heterocycles. The molecule has 0 aliphatic rings. The third-order valence-electron chi connectivity index (χ3n) is 4.19. The van der Waals surface area contributed by atoms with Crippen LogP contribution in [0.1, 0.15) is 36.7 Å². The zero-order chi connectivity index (χ0) is 20.8. The first-order valence-electron chi connectivity index (χ1n) is 9.23. The molecule has 0 aliphatic heterocycles. The van der Waals surface area contributed by atoms with Gasteiger partial charge < -0.3 is 15.1 Å². The Morgan fingerprint density at radius 3 is 2.48 bits per heavy atom. The molecule has 0 bridgehead atoms. The summed E-state index contributed by atoms with van der Waals surface area (Å²) in [6, 6.07) is 15.2. The van der Waals surface area contributed by atoms with Crippen molar-refractivity contribution >= 4 is 46.4 Å². The van der Waals surface area contributed by atoms with Crippen LogP contribution in [0.4, 0.5) is 11.4 Å². The molecule has 150 valence electrons. The van der Waals surface area contributed by atoms with E-state index in [2.05, 4.69) is 10.6 Å². The Kier molecular flexibility index (Phi) is 6.96. The zero-order valence-electron chi connectivity index (χ0n) is 15.8. The highest BCUT2D eigenvalue weighted by molar-refractivity contribution is 6.35. The van der Waals surface area contributed by atoms with Gasteiger partial charge in [0, 0.05) is 28.4 Å². The molecule has 3 rings (SSSR count). The van der Waals surface area contributed by atoms with E-state index in [-0.39, 0.29) is 11.7 Å². The second-order valence-corrected chi connectivity index (χ2v) is 7.32. The van der Waals surface area contributed by atoms with Crippen molar-refractivity contribution in [2.45, 2.75) is 26.2 Å². The highest BCUT2D eigenvalue weighted by atomic mass is 35.5. The van der Waals surface area contributed by atoms with E-state index < -0.39 is 5.91 Å². The predicted molar refractivity (Wildman–Crippen MR) is 117 cm³/mol. The molecule has 2 N–H and O–H groups in total. The Morgan fingerprint density at radius 2 is 1.72 bits per heavy atom. The summed E-state index contributed by atoms with van der Waals surface area (Å²) in [7, 11) is 0. The maximum Gasteiger partial charge on any atom is 0.291 e. The second-order valence-electron chi connectivity index (χ2n) is 6.47. The van der Waals surface area contributed by atoms with Gasteiger partial charge in [-0.3, -0.25) is 9.59 Å². The van der Waals surface area contributed by atoms with Gasteiger partial charge in [-0.1, -0.05) is 42.6 Å². The number of hydrogen-bond acceptors (Lipinski definition) is 3. The van der Waals surface area contributed by atoms with Gasteiger partial charge in [0.05, 0.1) is 5.02 Å². The molecule has 0 aliphatic carbocycles. The normalized spacial score (nSPS) is 10.6. The molecule has 0 fully saturated rings. The van der Waals surface area contributed by atoms with E-state index in [0.29, 0.717) is 39.2 Å². The Bertz CT molecular complexity index is 1030. The van der Waals surface area contributed by atoms with Crippen molar-refractivity contribution in [2.24, 2.45) is 0 Å². The molecule has 5 nitrogen and oxygen atoms in total. The fraction of sp³-hybridized carbons (Fsp3) is 0.182. The fourth-order valence-electron chi connectivity index (χ4n) is 2.72. The van der Waals surface area contributed by atoms with E-state index in [1.54, 1.807) is 54.6 Å². The van der Waals surface area contributed by atoms with E-state index in [1.807, 2.05) is 6.92 Å². The molecule has 29 heavy (non-hydrogen) atoms. The van der Waals surface area contributed by atoms with Gasteiger partial charge in [0.15, 0.2) is 5.76 Å². The lowest BCUT2D eigenvalue weighted by atomic mass is 10.2. The van der Waals surface area contributed by atoms with Crippen LogP contribution in [0.25, 0.3) is 11.3 Å². The number of amides is 2. The van der Waals surface area contributed by atoms with E-state index in [1.165, 1.54) is 0 Å². The molecular formula is C22H20Cl2N2O3. The second kappa shape index (κ2) is 9.63. The maximum absolute atomic E-state index is 12.5. The van der Waals surface area contributed by atoms with Gasteiger partial charge in [0.1, 0.15) is 5.76 Å². The number of benzene rings is 2. The van der Waals surface area contributed by atoms with Crippen LogP contribution in [0.5, 0.6) is 0 Å². The fourth-order valence-corrected chi connectivity index (χ4v) is 3.10. The lowest BCUT2D eigenvalue weighted by Gasteiger charge is -2.08. The van der Waals surface area contributed by atoms with Crippen LogP contribution < -0.4 is 10.6 Å². The summed E-state index contributed by atoms with van der Waals surface area (Å²) in [5.41, 5.74) is 1.77. The summed E-state index contributed by atoms with van der Waals surface area (Å²) >= 11 is 12.2. The first kappa shape index (κ1) is 21.0. The highest BCUT2D eigenvalue weighted by Crippen LogP contribution is 2.32. The average molecular weight is 431 g/mol. The quantitative estimate of drug-likeness (QED) is 0.441. The minimum absolute atomic E-state index is 0.0515. The molecule has 0 saturated carbocycles. The van der Waals surface area contributed by atoms with Gasteiger partial charge in [-0.15, -0.1) is 0 Å². The third-order valence-corrected chi connectivity index (χ3v) is 4.75. The molecule has 0 atom stereocenters. The van der Waals surface area contributed by atoms with Crippen LogP contribution in [0.15, 0.2) is 59.0 Å². The summed E-state index contributed by atoms with van der Waals surface area (Å²) in [5.74, 6) is 0.112. The molecular weight excluding hydrogens is 411 g/mol. The van der Waals surface area contributed by atoms with E-state index in [9.17, 15) is 9.59 Å². The minimum atomic E-state index is -0.413. The number of nitrogens with one attached hydrogen (secondary N) is 2. The third kappa shape index (κ3) is 5.62. The zero-order valence-corrected chi connectivity index (χ0v) is 17.3. The number of halogens is 2. The average Bonchev–Trinajstić information content (AvgIpc) is 3.18. The van der Waals surface area contributed by atoms with E-state index in [0.717, 1.165) is 12.8 Å². The van der Waals surface area contributed by atoms with E-state index >= 15 is 0 Å². The van der Waals surface area contributed by atoms with Crippen LogP contribution in [0.2, 0.25) is 10.0 Å². The van der Waals surface area contributed by atoms with Crippen molar-refractivity contribution in [3.63, 3.8) is 0 Å². The van der Waals surface area contributed by atoms with Gasteiger partial charge in [-0.25, -0.2) is 0 Å². The maximum atomic E-state index is 12.5. The number of rotatable bonds is 7. The smallest absolute Gasteiger partial charge is 0.291 e. The molecule has 2 aromatic carbocycles. The van der Waals surface area contributed by atoms with Gasteiger partial charge in [0.25, 0.3) is 5.91 Å². The van der Waals surface area contributed by atoms with Crippen molar-refractivity contribution in [2.75, 3.05) is 10.6 Å². The monoisotopic (exact) mass is 430 g/mol. The molecule has 0 unspecified atom stereocenters. The molecule has 1 heterocycles. The van der Waals surface area contributed by atoms with E-state index in [4.69, 9.17) is 27.6 Å². The SMILES string of the molecule is CCCCC(=O)Nc1cccc(NC(=O)c2ccc(-c3cc(Cl)ccc3Cl)o2)c1. The topological polar surface area (TPSA) is 71.3 Å². The minimum Gasteiger partial charge on any atom is -0.451 e. The van der Waals surface area contributed by atoms with Gasteiger partial charge in [0.2, 0.25) is 5.91 Å². The standard InChI is InChI=1S/C22H20Cl2N2O3/c1-2-3-7-21(27)25-15-5-4-6-16(13-15)26-22(28)20-11-10-19(29-20)17-12-14(23)8-9-18(17)24/h4-6,8-13H,2-3,7H2,1H3,(H,25,27)(H,26,28). The number of furan rings is 1. The number of anilines is 2. The van der Waals surface area contributed by atoms with Crippen molar-refractivity contribution in [3.05, 3.63) is 70.4 Å². The Labute approximate surface area is 179 Å². The Balaban J connectivity index is 1.69. The lowest BCUT2D eigenvalue weighted by molar-refractivity contribution is -0.116. The van der Waals surface area contributed by atoms with Crippen LogP contribution in [0, 0.1) is 0 Å². The van der Waals surface area contributed by atoms with Gasteiger partial charge >= 0.3 is 0 Å². The Hall–Kier alpha value is -2.76. The molecule has 1 aromatic heterocycles. The van der Waals surface area contributed by atoms with Crippen LogP contribution in [-0.4, -0.2) is 11.8 Å². The Morgan fingerprint density at radius 1 is 0.966 bits per heavy atom. The molecule has 0 radical (unpaired) electrons. The largest absolute Gasteiger partial charge is 0.451 e. The summed E-state index contributed by atoms with van der Waals surface area (Å²) in [4.78, 5) is 24.4. The highest BCUT2D eigenvalue weighted by Gasteiger charge is 2.15. The summed E-state index contributed by atoms with van der Waals surface area (Å²) in [6.07, 6.45) is 2.25. The number of carbonyl (C=O) groups is 2. The molecule has 2 amide bonds. The van der Waals surface area contributed by atoms with Crippen LogP contribution in [0.3, 0.4) is 0 Å². The predicted octanol–water partition coefficient (Wildman–Crippen LogP) is 6.63. The first-order chi connectivity index (χ1) is 14.0. The van der Waals surface area contributed by atoms with Crippen LogP contribution >= 0.6 is 23.2 Å². The summed E-state index contributed by atoms with van der Waals surface area (Å²) in [6.45, 7) is 2.03. The van der Waals surface area contributed by atoms with Crippen molar-refractivity contribution in [1.82, 2.24) is 0 Å². The van der Waals surface area contributed by atoms with Crippen molar-refractivity contribution < 1.29 is 14.0 Å². The van der Waals surface area contributed by atoms with Crippen molar-refractivity contribution in [1.29, 1.82) is 0 Å². The van der Waals surface area contributed by atoms with Gasteiger partial charge in [-0.05, 0) is 55.0 Å². The first-order valence-corrected chi connectivity index (χ1v) is 9.98. The number of carbonyl (C=O) groups excluding carboxylic acids is 2. The summed E-state index contributed by atoms with van der Waals surface area (Å²) in [5, 5.41) is 6.58. The molecule has 3 aromatic rings. The molecule has 0 spiro atoms.